The summed E-state index contributed by atoms with van der Waals surface area (Å²) in [4.78, 5) is 3.86. The van der Waals surface area contributed by atoms with Gasteiger partial charge in [0.1, 0.15) is 6.26 Å². The van der Waals surface area contributed by atoms with Gasteiger partial charge >= 0.3 is 0 Å². The number of nitrogens with zero attached hydrogens (tertiary/aromatic N) is 1. The minimum atomic E-state index is 0.539. The number of oxazole rings is 1. The summed E-state index contributed by atoms with van der Waals surface area (Å²) < 4.78 is 4.91. The second-order valence-electron chi connectivity index (χ2n) is 1.57. The highest BCUT2D eigenvalue weighted by Gasteiger charge is 1.97. The Morgan fingerprint density at radius 3 is 3.11 bits per heavy atom. The average Bonchev–Trinajstić information content (AvgIpc) is 2.37. The monoisotopic (exact) mass is 124 g/mol. The lowest BCUT2D eigenvalue weighted by Gasteiger charge is -1.95. The van der Waals surface area contributed by atoms with Crippen LogP contribution in [0.5, 0.6) is 0 Å². The number of rotatable bonds is 2. The van der Waals surface area contributed by atoms with Gasteiger partial charge in [0.05, 0.1) is 11.9 Å². The van der Waals surface area contributed by atoms with Gasteiger partial charge in [0.2, 0.25) is 5.89 Å². The molecule has 0 bridgehead atoms. The van der Waals surface area contributed by atoms with Crippen molar-refractivity contribution in [2.45, 2.75) is 0 Å². The lowest BCUT2D eigenvalue weighted by molar-refractivity contribution is 0.538. The van der Waals surface area contributed by atoms with Gasteiger partial charge in [-0.05, 0) is 0 Å². The Bertz CT molecular complexity index is 191. The van der Waals surface area contributed by atoms with E-state index in [-0.39, 0.29) is 0 Å². The molecule has 0 saturated heterocycles. The standard InChI is InChI=1S/C6H8N2O/c1-5(7-2)6-8-3-4-9-6/h3-4,7H,1H2,2H3. The second-order valence-corrected chi connectivity index (χ2v) is 1.57. The number of aromatic nitrogens is 1. The summed E-state index contributed by atoms with van der Waals surface area (Å²) in [5.74, 6) is 0.539. The van der Waals surface area contributed by atoms with E-state index in [1.165, 1.54) is 6.26 Å². The van der Waals surface area contributed by atoms with E-state index in [1.807, 2.05) is 0 Å². The Hall–Kier alpha value is -1.25. The Kier molecular flexibility index (Phi) is 1.53. The smallest absolute Gasteiger partial charge is 0.241 e. The average molecular weight is 124 g/mol. The first-order chi connectivity index (χ1) is 4.34. The van der Waals surface area contributed by atoms with Crippen molar-refractivity contribution in [2.75, 3.05) is 7.05 Å². The molecular formula is C6H8N2O. The highest BCUT2D eigenvalue weighted by molar-refractivity contribution is 5.52. The Morgan fingerprint density at radius 2 is 2.67 bits per heavy atom. The van der Waals surface area contributed by atoms with Crippen molar-refractivity contribution in [3.63, 3.8) is 0 Å². The van der Waals surface area contributed by atoms with Gasteiger partial charge in [-0.1, -0.05) is 6.58 Å². The number of hydrogen-bond donors (Lipinski definition) is 1. The van der Waals surface area contributed by atoms with Crippen LogP contribution in [0.4, 0.5) is 0 Å². The first-order valence-corrected chi connectivity index (χ1v) is 2.61. The maximum atomic E-state index is 4.91. The van der Waals surface area contributed by atoms with Crippen LogP contribution >= 0.6 is 0 Å². The second kappa shape index (κ2) is 2.35. The molecule has 0 amide bonds. The molecule has 0 saturated carbocycles. The third-order valence-electron chi connectivity index (χ3n) is 0.992. The molecule has 1 rings (SSSR count). The van der Waals surface area contributed by atoms with Crippen molar-refractivity contribution in [1.29, 1.82) is 0 Å². The van der Waals surface area contributed by atoms with E-state index in [1.54, 1.807) is 13.2 Å². The largest absolute Gasteiger partial charge is 0.443 e. The zero-order valence-electron chi connectivity index (χ0n) is 5.22. The zero-order chi connectivity index (χ0) is 6.69. The summed E-state index contributed by atoms with van der Waals surface area (Å²) in [5, 5.41) is 2.82. The molecule has 48 valence electrons. The lowest BCUT2D eigenvalue weighted by Crippen LogP contribution is -2.02. The van der Waals surface area contributed by atoms with Crippen LogP contribution in [0.15, 0.2) is 23.5 Å². The topological polar surface area (TPSA) is 38.1 Å². The number of hydrogen-bond acceptors (Lipinski definition) is 3. The van der Waals surface area contributed by atoms with Crippen LogP contribution in [0, 0.1) is 0 Å². The van der Waals surface area contributed by atoms with Gasteiger partial charge in [0.15, 0.2) is 0 Å². The molecule has 1 N–H and O–H groups in total. The zero-order valence-corrected chi connectivity index (χ0v) is 5.22. The molecule has 0 atom stereocenters. The summed E-state index contributed by atoms with van der Waals surface area (Å²) in [6, 6.07) is 0. The molecule has 1 aromatic rings. The molecule has 1 aromatic heterocycles. The van der Waals surface area contributed by atoms with Gasteiger partial charge in [-0.25, -0.2) is 4.98 Å². The van der Waals surface area contributed by atoms with Crippen molar-refractivity contribution < 1.29 is 4.42 Å². The van der Waals surface area contributed by atoms with Gasteiger partial charge in [0.25, 0.3) is 0 Å². The Balaban J connectivity index is 2.77. The first kappa shape index (κ1) is 5.88. The van der Waals surface area contributed by atoms with Crippen molar-refractivity contribution >= 4 is 5.70 Å². The molecule has 0 aliphatic rings. The summed E-state index contributed by atoms with van der Waals surface area (Å²) in [7, 11) is 1.77. The molecule has 0 aromatic carbocycles. The lowest BCUT2D eigenvalue weighted by atomic mass is 10.5. The molecule has 0 radical (unpaired) electrons. The van der Waals surface area contributed by atoms with Gasteiger partial charge in [-0.15, -0.1) is 0 Å². The molecule has 0 spiro atoms. The fraction of sp³-hybridized carbons (Fsp3) is 0.167. The van der Waals surface area contributed by atoms with Crippen LogP contribution in [-0.4, -0.2) is 12.0 Å². The predicted octanol–water partition coefficient (Wildman–Crippen LogP) is 0.865. The highest BCUT2D eigenvalue weighted by atomic mass is 16.3. The SMILES string of the molecule is C=C(NC)c1ncco1. The van der Waals surface area contributed by atoms with E-state index < -0.39 is 0 Å². The maximum absolute atomic E-state index is 4.91. The van der Waals surface area contributed by atoms with Crippen LogP contribution in [0.2, 0.25) is 0 Å². The van der Waals surface area contributed by atoms with Crippen LogP contribution in [0.3, 0.4) is 0 Å². The first-order valence-electron chi connectivity index (χ1n) is 2.61. The van der Waals surface area contributed by atoms with Crippen molar-refractivity contribution in [1.82, 2.24) is 10.3 Å². The molecule has 1 heterocycles. The molecule has 3 nitrogen and oxygen atoms in total. The Morgan fingerprint density at radius 1 is 1.89 bits per heavy atom. The fourth-order valence-electron chi connectivity index (χ4n) is 0.479. The molecule has 0 fully saturated rings. The minimum Gasteiger partial charge on any atom is -0.443 e. The van der Waals surface area contributed by atoms with Crippen LogP contribution in [-0.2, 0) is 0 Å². The Labute approximate surface area is 53.4 Å². The molecular weight excluding hydrogens is 116 g/mol. The van der Waals surface area contributed by atoms with E-state index in [4.69, 9.17) is 4.42 Å². The van der Waals surface area contributed by atoms with Gasteiger partial charge in [0, 0.05) is 7.05 Å². The third-order valence-corrected chi connectivity index (χ3v) is 0.992. The predicted molar refractivity (Wildman–Crippen MR) is 34.6 cm³/mol. The van der Waals surface area contributed by atoms with Crippen molar-refractivity contribution in [2.24, 2.45) is 0 Å². The highest BCUT2D eigenvalue weighted by Crippen LogP contribution is 2.02. The van der Waals surface area contributed by atoms with Gasteiger partial charge in [-0.2, -0.15) is 0 Å². The van der Waals surface area contributed by atoms with Crippen molar-refractivity contribution in [3.8, 4) is 0 Å². The van der Waals surface area contributed by atoms with E-state index in [2.05, 4.69) is 16.9 Å². The molecule has 9 heavy (non-hydrogen) atoms. The minimum absolute atomic E-state index is 0.539. The van der Waals surface area contributed by atoms with Gasteiger partial charge in [-0.3, -0.25) is 0 Å². The third kappa shape index (κ3) is 1.10. The van der Waals surface area contributed by atoms with E-state index in [9.17, 15) is 0 Å². The summed E-state index contributed by atoms with van der Waals surface area (Å²) >= 11 is 0. The van der Waals surface area contributed by atoms with E-state index in [0.29, 0.717) is 11.6 Å². The maximum Gasteiger partial charge on any atom is 0.241 e. The molecule has 0 unspecified atom stereocenters. The molecule has 3 heteroatoms. The molecule has 0 aliphatic heterocycles. The van der Waals surface area contributed by atoms with Crippen LogP contribution < -0.4 is 5.32 Å². The quantitative estimate of drug-likeness (QED) is 0.635. The van der Waals surface area contributed by atoms with Gasteiger partial charge < -0.3 is 9.73 Å². The normalized spacial score (nSPS) is 9.00. The van der Waals surface area contributed by atoms with Crippen LogP contribution in [0.1, 0.15) is 5.89 Å². The summed E-state index contributed by atoms with van der Waals surface area (Å²) in [6.07, 6.45) is 3.09. The summed E-state index contributed by atoms with van der Waals surface area (Å²) in [5.41, 5.74) is 0.694. The fourth-order valence-corrected chi connectivity index (χ4v) is 0.479. The van der Waals surface area contributed by atoms with E-state index in [0.717, 1.165) is 0 Å². The number of nitrogens with one attached hydrogen (secondary N) is 1. The summed E-state index contributed by atoms with van der Waals surface area (Å²) in [6.45, 7) is 3.65. The molecule has 0 aliphatic carbocycles. The van der Waals surface area contributed by atoms with Crippen LogP contribution in [0.25, 0.3) is 5.70 Å². The van der Waals surface area contributed by atoms with Crippen molar-refractivity contribution in [3.05, 3.63) is 24.9 Å². The van der Waals surface area contributed by atoms with E-state index >= 15 is 0 Å².